The summed E-state index contributed by atoms with van der Waals surface area (Å²) in [6.45, 7) is 0. The van der Waals surface area contributed by atoms with Gasteiger partial charge in [0.15, 0.2) is 0 Å². The summed E-state index contributed by atoms with van der Waals surface area (Å²) in [6, 6.07) is 81.4. The number of para-hydroxylation sites is 5. The van der Waals surface area contributed by atoms with Crippen LogP contribution in [0, 0.1) is 0 Å². The van der Waals surface area contributed by atoms with E-state index in [1.165, 1.54) is 128 Å². The van der Waals surface area contributed by atoms with Gasteiger partial charge in [-0.2, -0.15) is 0 Å². The Morgan fingerprint density at radius 3 is 1.76 bits per heavy atom. The van der Waals surface area contributed by atoms with Crippen molar-refractivity contribution in [3.63, 3.8) is 0 Å². The van der Waals surface area contributed by atoms with Crippen molar-refractivity contribution in [2.24, 2.45) is 0 Å². The molecule has 2 atom stereocenters. The summed E-state index contributed by atoms with van der Waals surface area (Å²) < 4.78 is 7.57. The van der Waals surface area contributed by atoms with E-state index in [1.807, 2.05) is 0 Å². The van der Waals surface area contributed by atoms with Crippen LogP contribution in [0.2, 0.25) is 0 Å². The number of fused-ring (bicyclic) bond motifs is 12. The average molecular weight is 973 g/mol. The molecule has 4 heterocycles. The third-order valence-corrected chi connectivity index (χ3v) is 16.9. The molecule has 1 aliphatic heterocycles. The first kappa shape index (κ1) is 43.1. The molecule has 0 amide bonds. The standard InChI is InChI=1S/C72H52N4/c1-6-20-47(21-7-1)51-38-52(48-22-8-2-9-23-48)40-56(39-51)76-68-37-35-50(42-60(68)64-44-62-58-31-17-19-33-66(58)74(70(62)46-72(64)76)54-26-12-4-13-27-54)49-34-36-67-59(41-49)63-43-61-57-30-16-18-32-65(57)73(53-24-10-3-11-25-53)69(61)45-71(63)75(67)55-28-14-5-15-29-55/h1,3-8,10-38,40-44,46,51,71H,2,9,39,45H2. The summed E-state index contributed by atoms with van der Waals surface area (Å²) >= 11 is 0. The Labute approximate surface area is 442 Å². The smallest absolute Gasteiger partial charge is 0.0653 e. The largest absolute Gasteiger partial charge is 0.333 e. The predicted molar refractivity (Wildman–Crippen MR) is 319 cm³/mol. The van der Waals surface area contributed by atoms with E-state index in [2.05, 4.69) is 273 Å². The van der Waals surface area contributed by atoms with Crippen LogP contribution in [0.25, 0.3) is 94.4 Å². The fourth-order valence-electron chi connectivity index (χ4n) is 13.5. The number of anilines is 2. The molecule has 9 aromatic carbocycles. The van der Waals surface area contributed by atoms with Crippen molar-refractivity contribution < 1.29 is 0 Å². The molecule has 3 aromatic heterocycles. The van der Waals surface area contributed by atoms with Crippen molar-refractivity contribution in [2.75, 3.05) is 4.90 Å². The number of benzene rings is 9. The highest BCUT2D eigenvalue weighted by Gasteiger charge is 2.40. The molecule has 0 N–H and O–H groups in total. The quantitative estimate of drug-likeness (QED) is 0.156. The van der Waals surface area contributed by atoms with Crippen molar-refractivity contribution in [2.45, 2.75) is 37.6 Å². The zero-order valence-corrected chi connectivity index (χ0v) is 42.0. The highest BCUT2D eigenvalue weighted by molar-refractivity contribution is 6.20. The Morgan fingerprint density at radius 2 is 1.01 bits per heavy atom. The second-order valence-electron chi connectivity index (χ2n) is 21.1. The zero-order valence-electron chi connectivity index (χ0n) is 42.0. The Balaban J connectivity index is 0.915. The first-order valence-electron chi connectivity index (χ1n) is 27.0. The van der Waals surface area contributed by atoms with Gasteiger partial charge in [-0.15, -0.1) is 0 Å². The lowest BCUT2D eigenvalue weighted by Gasteiger charge is -2.31. The molecule has 4 aliphatic rings. The Hall–Kier alpha value is -9.38. The number of aromatic nitrogens is 3. The first-order chi connectivity index (χ1) is 37.7. The van der Waals surface area contributed by atoms with Gasteiger partial charge in [-0.05, 0) is 150 Å². The van der Waals surface area contributed by atoms with Gasteiger partial charge in [-0.25, -0.2) is 0 Å². The molecule has 0 spiro atoms. The van der Waals surface area contributed by atoms with Gasteiger partial charge in [0, 0.05) is 84.5 Å². The van der Waals surface area contributed by atoms with Crippen LogP contribution in [0.1, 0.15) is 47.6 Å². The lowest BCUT2D eigenvalue weighted by molar-refractivity contribution is 0.771. The molecule has 2 unspecified atom stereocenters. The van der Waals surface area contributed by atoms with Gasteiger partial charge in [0.1, 0.15) is 0 Å². The lowest BCUT2D eigenvalue weighted by atomic mass is 9.84. The first-order valence-corrected chi connectivity index (χ1v) is 27.0. The molecule has 360 valence electrons. The summed E-state index contributed by atoms with van der Waals surface area (Å²) in [5.74, 6) is 0.226. The molecular formula is C72H52N4. The van der Waals surface area contributed by atoms with E-state index in [0.717, 1.165) is 31.4 Å². The highest BCUT2D eigenvalue weighted by Crippen LogP contribution is 2.52. The van der Waals surface area contributed by atoms with Crippen LogP contribution in [-0.2, 0) is 6.42 Å². The summed E-state index contributed by atoms with van der Waals surface area (Å²) in [4.78, 5) is 2.59. The second-order valence-corrected chi connectivity index (χ2v) is 21.1. The summed E-state index contributed by atoms with van der Waals surface area (Å²) in [7, 11) is 0. The molecule has 16 rings (SSSR count). The SMILES string of the molecule is C1=CC(C2=CC(c3ccccc3)CC(n3c4ccc(-c5ccc6c(c5)C5=Cc7c(n(-c8ccccc8)c8ccccc78)CC5N6c5ccccc5)cc4c4cc5c6ccccc6n(-c6ccccc6)c5cc43)=C2)=CCC1. The fraction of sp³-hybridized carbons (Fsp3) is 0.0833. The van der Waals surface area contributed by atoms with Crippen LogP contribution in [0.15, 0.2) is 260 Å². The number of hydrogen-bond acceptors (Lipinski definition) is 1. The maximum absolute atomic E-state index is 2.61. The van der Waals surface area contributed by atoms with E-state index in [9.17, 15) is 0 Å². The van der Waals surface area contributed by atoms with Gasteiger partial charge in [0.05, 0.1) is 33.6 Å². The van der Waals surface area contributed by atoms with E-state index in [-0.39, 0.29) is 12.0 Å². The van der Waals surface area contributed by atoms with Crippen molar-refractivity contribution in [1.82, 2.24) is 13.7 Å². The van der Waals surface area contributed by atoms with Crippen molar-refractivity contribution in [3.8, 4) is 22.5 Å². The molecule has 0 saturated carbocycles. The summed E-state index contributed by atoms with van der Waals surface area (Å²) in [5.41, 5.74) is 24.0. The van der Waals surface area contributed by atoms with E-state index < -0.39 is 0 Å². The molecule has 4 heteroatoms. The van der Waals surface area contributed by atoms with Crippen molar-refractivity contribution in [1.29, 1.82) is 0 Å². The van der Waals surface area contributed by atoms with Gasteiger partial charge in [0.2, 0.25) is 0 Å². The van der Waals surface area contributed by atoms with Crippen LogP contribution >= 0.6 is 0 Å². The molecule has 0 radical (unpaired) electrons. The average Bonchev–Trinajstić information content (AvgIpc) is 4.33. The van der Waals surface area contributed by atoms with Gasteiger partial charge >= 0.3 is 0 Å². The molecule has 12 aromatic rings. The van der Waals surface area contributed by atoms with Gasteiger partial charge in [-0.1, -0.05) is 158 Å². The minimum atomic E-state index is 0.134. The van der Waals surface area contributed by atoms with Crippen LogP contribution in [0.4, 0.5) is 11.4 Å². The maximum Gasteiger partial charge on any atom is 0.0653 e. The van der Waals surface area contributed by atoms with Gasteiger partial charge < -0.3 is 18.6 Å². The van der Waals surface area contributed by atoms with Gasteiger partial charge in [0.25, 0.3) is 0 Å². The van der Waals surface area contributed by atoms with Gasteiger partial charge in [-0.3, -0.25) is 0 Å². The third kappa shape index (κ3) is 6.63. The Bertz CT molecular complexity index is 4500. The maximum atomic E-state index is 2.61. The Morgan fingerprint density at radius 1 is 0.408 bits per heavy atom. The molecule has 0 saturated heterocycles. The lowest BCUT2D eigenvalue weighted by Crippen LogP contribution is -2.31. The molecule has 0 fully saturated rings. The fourth-order valence-corrected chi connectivity index (χ4v) is 13.5. The second kappa shape index (κ2) is 17.1. The molecule has 0 bridgehead atoms. The van der Waals surface area contributed by atoms with Crippen molar-refractivity contribution in [3.05, 3.63) is 282 Å². The number of nitrogens with zero attached hydrogens (tertiary/aromatic N) is 4. The van der Waals surface area contributed by atoms with Crippen LogP contribution in [0.3, 0.4) is 0 Å². The summed E-state index contributed by atoms with van der Waals surface area (Å²) in [5, 5.41) is 6.34. The molecular weight excluding hydrogens is 921 g/mol. The van der Waals surface area contributed by atoms with Crippen LogP contribution < -0.4 is 4.90 Å². The van der Waals surface area contributed by atoms with E-state index in [4.69, 9.17) is 0 Å². The molecule has 3 aliphatic carbocycles. The predicted octanol–water partition coefficient (Wildman–Crippen LogP) is 18.4. The number of rotatable bonds is 7. The monoisotopic (exact) mass is 972 g/mol. The topological polar surface area (TPSA) is 18.0 Å². The zero-order chi connectivity index (χ0) is 49.8. The van der Waals surface area contributed by atoms with Crippen LogP contribution in [-0.4, -0.2) is 19.7 Å². The minimum Gasteiger partial charge on any atom is -0.333 e. The molecule has 76 heavy (non-hydrogen) atoms. The van der Waals surface area contributed by atoms with E-state index in [0.29, 0.717) is 0 Å². The number of allylic oxidation sites excluding steroid dienone is 8. The Kier molecular flexibility index (Phi) is 9.68. The van der Waals surface area contributed by atoms with Crippen LogP contribution in [0.5, 0.6) is 0 Å². The van der Waals surface area contributed by atoms with Crippen molar-refractivity contribution >= 4 is 83.2 Å². The molecule has 4 nitrogen and oxygen atoms in total. The number of hydrogen-bond donors (Lipinski definition) is 0. The van der Waals surface area contributed by atoms with E-state index in [1.54, 1.807) is 0 Å². The van der Waals surface area contributed by atoms with E-state index >= 15 is 0 Å². The normalized spacial score (nSPS) is 17.0. The summed E-state index contributed by atoms with van der Waals surface area (Å²) in [6.07, 6.45) is 18.5. The third-order valence-electron chi connectivity index (χ3n) is 16.9. The highest BCUT2D eigenvalue weighted by atomic mass is 15.2. The minimum absolute atomic E-state index is 0.134.